The molecule has 16 heavy (non-hydrogen) atoms. The maximum absolute atomic E-state index is 13.0. The van der Waals surface area contributed by atoms with Gasteiger partial charge in [-0.1, -0.05) is 0 Å². The zero-order chi connectivity index (χ0) is 11.5. The fourth-order valence-corrected chi connectivity index (χ4v) is 2.57. The van der Waals surface area contributed by atoms with E-state index in [1.165, 1.54) is 17.0 Å². The molecule has 2 aromatic rings. The predicted octanol–water partition coefficient (Wildman–Crippen LogP) is 2.98. The smallest absolute Gasteiger partial charge is 0.123 e. The summed E-state index contributed by atoms with van der Waals surface area (Å²) in [5.41, 5.74) is 1.93. The summed E-state index contributed by atoms with van der Waals surface area (Å²) < 4.78 is 13.0. The molecule has 1 aromatic heterocycles. The standard InChI is InChI=1S/C12H13FN2S/c1-8-5-9(13)3-4-11(8)12-15-7-10(16-12)6-14-2/h3-5,7,14H,6H2,1-2H3. The number of benzene rings is 1. The van der Waals surface area contributed by atoms with Crippen LogP contribution in [0, 0.1) is 12.7 Å². The van der Waals surface area contributed by atoms with Crippen molar-refractivity contribution in [3.63, 3.8) is 0 Å². The second kappa shape index (κ2) is 4.72. The Labute approximate surface area is 98.2 Å². The van der Waals surface area contributed by atoms with E-state index in [0.29, 0.717) is 0 Å². The van der Waals surface area contributed by atoms with Crippen molar-refractivity contribution in [2.24, 2.45) is 0 Å². The Bertz CT molecular complexity index is 494. The molecule has 0 aliphatic heterocycles. The molecule has 2 rings (SSSR count). The topological polar surface area (TPSA) is 24.9 Å². The number of aryl methyl sites for hydroxylation is 1. The Morgan fingerprint density at radius 1 is 1.44 bits per heavy atom. The third-order valence-corrected chi connectivity index (χ3v) is 3.35. The molecule has 0 bridgehead atoms. The van der Waals surface area contributed by atoms with E-state index in [9.17, 15) is 4.39 Å². The molecular weight excluding hydrogens is 223 g/mol. The Morgan fingerprint density at radius 2 is 2.25 bits per heavy atom. The first-order chi connectivity index (χ1) is 7.70. The first-order valence-corrected chi connectivity index (χ1v) is 5.88. The van der Waals surface area contributed by atoms with Crippen LogP contribution in [0.15, 0.2) is 24.4 Å². The van der Waals surface area contributed by atoms with Gasteiger partial charge in [0.1, 0.15) is 10.8 Å². The summed E-state index contributed by atoms with van der Waals surface area (Å²) in [5, 5.41) is 4.03. The monoisotopic (exact) mass is 236 g/mol. The lowest BCUT2D eigenvalue weighted by Gasteiger charge is -2.01. The summed E-state index contributed by atoms with van der Waals surface area (Å²) in [6.45, 7) is 2.72. The molecular formula is C12H13FN2S. The van der Waals surface area contributed by atoms with E-state index in [1.54, 1.807) is 17.4 Å². The van der Waals surface area contributed by atoms with Gasteiger partial charge in [0, 0.05) is 23.2 Å². The van der Waals surface area contributed by atoms with Crippen LogP contribution in [0.4, 0.5) is 4.39 Å². The molecule has 1 aromatic carbocycles. The van der Waals surface area contributed by atoms with Gasteiger partial charge in [0.05, 0.1) is 0 Å². The highest BCUT2D eigenvalue weighted by atomic mass is 32.1. The number of nitrogens with one attached hydrogen (secondary N) is 1. The zero-order valence-electron chi connectivity index (χ0n) is 9.25. The number of halogens is 1. The third-order valence-electron chi connectivity index (χ3n) is 2.32. The van der Waals surface area contributed by atoms with Gasteiger partial charge in [-0.3, -0.25) is 0 Å². The normalized spacial score (nSPS) is 10.7. The highest BCUT2D eigenvalue weighted by Gasteiger charge is 2.07. The van der Waals surface area contributed by atoms with Crippen molar-refractivity contribution in [1.82, 2.24) is 10.3 Å². The Morgan fingerprint density at radius 3 is 2.94 bits per heavy atom. The number of aromatic nitrogens is 1. The predicted molar refractivity (Wildman–Crippen MR) is 65.0 cm³/mol. The van der Waals surface area contributed by atoms with Gasteiger partial charge in [0.25, 0.3) is 0 Å². The van der Waals surface area contributed by atoms with Crippen LogP contribution in [0.2, 0.25) is 0 Å². The van der Waals surface area contributed by atoms with E-state index >= 15 is 0 Å². The minimum atomic E-state index is -0.201. The summed E-state index contributed by atoms with van der Waals surface area (Å²) in [5.74, 6) is -0.201. The van der Waals surface area contributed by atoms with Gasteiger partial charge in [0.15, 0.2) is 0 Å². The lowest BCUT2D eigenvalue weighted by molar-refractivity contribution is 0.627. The number of hydrogen-bond acceptors (Lipinski definition) is 3. The van der Waals surface area contributed by atoms with Crippen molar-refractivity contribution < 1.29 is 4.39 Å². The number of rotatable bonds is 3. The lowest BCUT2D eigenvalue weighted by atomic mass is 10.1. The zero-order valence-corrected chi connectivity index (χ0v) is 10.1. The van der Waals surface area contributed by atoms with Crippen molar-refractivity contribution >= 4 is 11.3 Å². The molecule has 4 heteroatoms. The molecule has 84 valence electrons. The van der Waals surface area contributed by atoms with Gasteiger partial charge in [-0.2, -0.15) is 0 Å². The van der Waals surface area contributed by atoms with Crippen LogP contribution in [0.3, 0.4) is 0 Å². The first-order valence-electron chi connectivity index (χ1n) is 5.06. The summed E-state index contributed by atoms with van der Waals surface area (Å²) in [6.07, 6.45) is 1.86. The van der Waals surface area contributed by atoms with Crippen LogP contribution >= 0.6 is 11.3 Å². The van der Waals surface area contributed by atoms with E-state index in [1.807, 2.05) is 20.2 Å². The summed E-state index contributed by atoms with van der Waals surface area (Å²) in [4.78, 5) is 5.53. The molecule has 0 aliphatic carbocycles. The van der Waals surface area contributed by atoms with E-state index in [-0.39, 0.29) is 5.82 Å². The average molecular weight is 236 g/mol. The van der Waals surface area contributed by atoms with Crippen LogP contribution in [0.25, 0.3) is 10.6 Å². The SMILES string of the molecule is CNCc1cnc(-c2ccc(F)cc2C)s1. The molecule has 2 nitrogen and oxygen atoms in total. The van der Waals surface area contributed by atoms with Gasteiger partial charge in [-0.25, -0.2) is 9.37 Å². The molecule has 0 atom stereocenters. The van der Waals surface area contributed by atoms with Gasteiger partial charge in [0.2, 0.25) is 0 Å². The van der Waals surface area contributed by atoms with Gasteiger partial charge in [-0.05, 0) is 37.7 Å². The fraction of sp³-hybridized carbons (Fsp3) is 0.250. The molecule has 0 fully saturated rings. The number of thiazole rings is 1. The quantitative estimate of drug-likeness (QED) is 0.886. The fourth-order valence-electron chi connectivity index (χ4n) is 1.56. The maximum Gasteiger partial charge on any atom is 0.123 e. The van der Waals surface area contributed by atoms with Crippen LogP contribution in [-0.2, 0) is 6.54 Å². The summed E-state index contributed by atoms with van der Waals surface area (Å²) in [7, 11) is 1.91. The van der Waals surface area contributed by atoms with Crippen LogP contribution in [0.5, 0.6) is 0 Å². The molecule has 1 heterocycles. The minimum absolute atomic E-state index is 0.201. The van der Waals surface area contributed by atoms with Crippen molar-refractivity contribution in [1.29, 1.82) is 0 Å². The van der Waals surface area contributed by atoms with E-state index in [2.05, 4.69) is 10.3 Å². The van der Waals surface area contributed by atoms with E-state index in [4.69, 9.17) is 0 Å². The number of nitrogens with zero attached hydrogens (tertiary/aromatic N) is 1. The van der Waals surface area contributed by atoms with Crippen LogP contribution < -0.4 is 5.32 Å². The summed E-state index contributed by atoms with van der Waals surface area (Å²) in [6, 6.07) is 4.79. The second-order valence-electron chi connectivity index (χ2n) is 3.62. The van der Waals surface area contributed by atoms with Crippen molar-refractivity contribution in [2.75, 3.05) is 7.05 Å². The third kappa shape index (κ3) is 2.28. The molecule has 0 amide bonds. The number of hydrogen-bond donors (Lipinski definition) is 1. The van der Waals surface area contributed by atoms with Gasteiger partial charge >= 0.3 is 0 Å². The molecule has 0 spiro atoms. The highest BCUT2D eigenvalue weighted by Crippen LogP contribution is 2.28. The van der Waals surface area contributed by atoms with Crippen molar-refractivity contribution in [3.05, 3.63) is 40.7 Å². The van der Waals surface area contributed by atoms with Gasteiger partial charge < -0.3 is 5.32 Å². The largest absolute Gasteiger partial charge is 0.315 e. The van der Waals surface area contributed by atoms with E-state index < -0.39 is 0 Å². The Kier molecular flexibility index (Phi) is 3.31. The first kappa shape index (κ1) is 11.2. The Hall–Kier alpha value is -1.26. The molecule has 0 saturated heterocycles. The maximum atomic E-state index is 13.0. The Balaban J connectivity index is 2.35. The summed E-state index contributed by atoms with van der Waals surface area (Å²) >= 11 is 1.63. The molecule has 0 radical (unpaired) electrons. The molecule has 0 unspecified atom stereocenters. The average Bonchev–Trinajstić information content (AvgIpc) is 2.67. The van der Waals surface area contributed by atoms with Crippen LogP contribution in [0.1, 0.15) is 10.4 Å². The van der Waals surface area contributed by atoms with Crippen molar-refractivity contribution in [2.45, 2.75) is 13.5 Å². The minimum Gasteiger partial charge on any atom is -0.315 e. The lowest BCUT2D eigenvalue weighted by Crippen LogP contribution is -2.02. The van der Waals surface area contributed by atoms with Crippen molar-refractivity contribution in [3.8, 4) is 10.6 Å². The second-order valence-corrected chi connectivity index (χ2v) is 4.74. The van der Waals surface area contributed by atoms with Gasteiger partial charge in [-0.15, -0.1) is 11.3 Å². The molecule has 1 N–H and O–H groups in total. The van der Waals surface area contributed by atoms with Crippen LogP contribution in [-0.4, -0.2) is 12.0 Å². The molecule has 0 aliphatic rings. The van der Waals surface area contributed by atoms with E-state index in [0.717, 1.165) is 22.7 Å². The molecule has 0 saturated carbocycles. The highest BCUT2D eigenvalue weighted by molar-refractivity contribution is 7.15.